The summed E-state index contributed by atoms with van der Waals surface area (Å²) in [5.74, 6) is 0.556. The lowest BCUT2D eigenvalue weighted by molar-refractivity contribution is 0.0775. The van der Waals surface area contributed by atoms with Crippen molar-refractivity contribution >= 4 is 17.1 Å². The summed E-state index contributed by atoms with van der Waals surface area (Å²) in [4.78, 5) is 40.6. The number of amides is 1. The number of rotatable bonds is 4. The molecular weight excluding hydrogens is 380 g/mol. The highest BCUT2D eigenvalue weighted by Crippen LogP contribution is 2.28. The molecule has 1 saturated heterocycles. The van der Waals surface area contributed by atoms with Crippen LogP contribution in [0, 0.1) is 5.92 Å². The van der Waals surface area contributed by atoms with Gasteiger partial charge in [-0.05, 0) is 43.4 Å². The first-order chi connectivity index (χ1) is 14.7. The topological polar surface area (TPSA) is 85.9 Å². The SMILES string of the molecule is O=C(c1ncccn1)N1CC[C@@H](n2c(=O)n(CC3CCCCC3)c3cccnc32)C1. The van der Waals surface area contributed by atoms with Crippen LogP contribution >= 0.6 is 0 Å². The number of carbonyl (C=O) groups is 1. The molecule has 1 aliphatic heterocycles. The number of nitrogens with zero attached hydrogens (tertiary/aromatic N) is 6. The van der Waals surface area contributed by atoms with Crippen LogP contribution in [0.15, 0.2) is 41.6 Å². The highest BCUT2D eigenvalue weighted by molar-refractivity contribution is 5.90. The van der Waals surface area contributed by atoms with Crippen molar-refractivity contribution in [2.24, 2.45) is 5.92 Å². The van der Waals surface area contributed by atoms with Crippen LogP contribution in [0.2, 0.25) is 0 Å². The van der Waals surface area contributed by atoms with Gasteiger partial charge in [0.15, 0.2) is 5.65 Å². The zero-order chi connectivity index (χ0) is 20.5. The number of fused-ring (bicyclic) bond motifs is 1. The van der Waals surface area contributed by atoms with Crippen molar-refractivity contribution in [3.05, 3.63) is 53.1 Å². The Morgan fingerprint density at radius 3 is 2.57 bits per heavy atom. The third-order valence-corrected chi connectivity index (χ3v) is 6.46. The molecule has 3 aromatic heterocycles. The number of hydrogen-bond acceptors (Lipinski definition) is 5. The van der Waals surface area contributed by atoms with Crippen LogP contribution < -0.4 is 5.69 Å². The second kappa shape index (κ2) is 8.01. The van der Waals surface area contributed by atoms with Crippen molar-refractivity contribution in [3.8, 4) is 0 Å². The second-order valence-electron chi connectivity index (χ2n) is 8.38. The monoisotopic (exact) mass is 406 g/mol. The van der Waals surface area contributed by atoms with E-state index in [9.17, 15) is 9.59 Å². The van der Waals surface area contributed by atoms with E-state index in [2.05, 4.69) is 15.0 Å². The lowest BCUT2D eigenvalue weighted by Gasteiger charge is -2.21. The van der Waals surface area contributed by atoms with Gasteiger partial charge in [0, 0.05) is 38.2 Å². The summed E-state index contributed by atoms with van der Waals surface area (Å²) >= 11 is 0. The van der Waals surface area contributed by atoms with E-state index in [1.54, 1.807) is 34.1 Å². The standard InChI is InChI=1S/C22H26N6O2/c29-21(19-23-11-5-12-24-19)26-13-9-17(15-26)28-20-18(8-4-10-25-20)27(22(28)30)14-16-6-2-1-3-7-16/h4-5,8,10-12,16-17H,1-3,6-7,9,13-15H2/t17-/m1/s1. The molecule has 30 heavy (non-hydrogen) atoms. The summed E-state index contributed by atoms with van der Waals surface area (Å²) in [5.41, 5.74) is 1.60. The summed E-state index contributed by atoms with van der Waals surface area (Å²) < 4.78 is 3.71. The Balaban J connectivity index is 1.44. The Labute approximate surface area is 174 Å². The van der Waals surface area contributed by atoms with Crippen LogP contribution in [0.1, 0.15) is 55.2 Å². The Morgan fingerprint density at radius 2 is 1.77 bits per heavy atom. The van der Waals surface area contributed by atoms with E-state index in [-0.39, 0.29) is 23.5 Å². The lowest BCUT2D eigenvalue weighted by Crippen LogP contribution is -2.33. The van der Waals surface area contributed by atoms with E-state index in [0.29, 0.717) is 24.7 Å². The fourth-order valence-corrected chi connectivity index (χ4v) is 4.93. The summed E-state index contributed by atoms with van der Waals surface area (Å²) in [5, 5.41) is 0. The Bertz CT molecular complexity index is 1100. The molecule has 0 bridgehead atoms. The van der Waals surface area contributed by atoms with E-state index in [1.165, 1.54) is 32.1 Å². The van der Waals surface area contributed by atoms with E-state index < -0.39 is 0 Å². The number of hydrogen-bond donors (Lipinski definition) is 0. The Morgan fingerprint density at radius 1 is 1.00 bits per heavy atom. The first kappa shape index (κ1) is 19.0. The van der Waals surface area contributed by atoms with Crippen molar-refractivity contribution in [1.82, 2.24) is 29.0 Å². The Kier molecular flexibility index (Phi) is 5.06. The van der Waals surface area contributed by atoms with Gasteiger partial charge in [0.1, 0.15) is 0 Å². The van der Waals surface area contributed by atoms with Crippen LogP contribution in [-0.4, -0.2) is 48.0 Å². The van der Waals surface area contributed by atoms with Gasteiger partial charge in [0.2, 0.25) is 5.82 Å². The third-order valence-electron chi connectivity index (χ3n) is 6.46. The van der Waals surface area contributed by atoms with Gasteiger partial charge in [-0.15, -0.1) is 0 Å². The average Bonchev–Trinajstić information content (AvgIpc) is 3.38. The molecule has 0 spiro atoms. The minimum Gasteiger partial charge on any atom is -0.334 e. The highest BCUT2D eigenvalue weighted by Gasteiger charge is 2.32. The third kappa shape index (κ3) is 3.40. The summed E-state index contributed by atoms with van der Waals surface area (Å²) in [7, 11) is 0. The van der Waals surface area contributed by atoms with Gasteiger partial charge in [-0.3, -0.25) is 13.9 Å². The maximum absolute atomic E-state index is 13.5. The maximum Gasteiger partial charge on any atom is 0.330 e. The molecule has 0 N–H and O–H groups in total. The fraction of sp³-hybridized carbons (Fsp3) is 0.500. The van der Waals surface area contributed by atoms with Gasteiger partial charge in [-0.1, -0.05) is 19.3 Å². The lowest BCUT2D eigenvalue weighted by atomic mass is 9.89. The number of aromatic nitrogens is 5. The molecule has 1 aliphatic carbocycles. The van der Waals surface area contributed by atoms with Crippen LogP contribution in [0.4, 0.5) is 0 Å². The van der Waals surface area contributed by atoms with Crippen molar-refractivity contribution in [1.29, 1.82) is 0 Å². The first-order valence-corrected chi connectivity index (χ1v) is 10.8. The molecule has 1 saturated carbocycles. The largest absolute Gasteiger partial charge is 0.334 e. The minimum absolute atomic E-state index is 0.00969. The fourth-order valence-electron chi connectivity index (χ4n) is 4.93. The molecule has 8 nitrogen and oxygen atoms in total. The van der Waals surface area contributed by atoms with E-state index in [1.807, 2.05) is 16.7 Å². The van der Waals surface area contributed by atoms with Crippen molar-refractivity contribution in [3.63, 3.8) is 0 Å². The molecule has 5 rings (SSSR count). The van der Waals surface area contributed by atoms with Crippen LogP contribution in [0.3, 0.4) is 0 Å². The molecule has 0 aromatic carbocycles. The molecule has 2 aliphatic rings. The first-order valence-electron chi connectivity index (χ1n) is 10.8. The summed E-state index contributed by atoms with van der Waals surface area (Å²) in [6, 6.07) is 5.48. The number of imidazole rings is 1. The van der Waals surface area contributed by atoms with E-state index in [4.69, 9.17) is 0 Å². The van der Waals surface area contributed by atoms with Crippen LogP contribution in [-0.2, 0) is 6.54 Å². The number of pyridine rings is 1. The van der Waals surface area contributed by atoms with Gasteiger partial charge in [0.25, 0.3) is 5.91 Å². The van der Waals surface area contributed by atoms with Gasteiger partial charge < -0.3 is 4.90 Å². The van der Waals surface area contributed by atoms with Crippen molar-refractivity contribution < 1.29 is 4.79 Å². The zero-order valence-corrected chi connectivity index (χ0v) is 17.0. The molecule has 0 radical (unpaired) electrons. The van der Waals surface area contributed by atoms with Gasteiger partial charge >= 0.3 is 5.69 Å². The molecule has 156 valence electrons. The molecule has 8 heteroatoms. The summed E-state index contributed by atoms with van der Waals surface area (Å²) in [6.07, 6.45) is 11.8. The predicted molar refractivity (Wildman–Crippen MR) is 112 cm³/mol. The molecule has 1 atom stereocenters. The summed E-state index contributed by atoms with van der Waals surface area (Å²) in [6.45, 7) is 1.80. The zero-order valence-electron chi connectivity index (χ0n) is 17.0. The molecule has 1 amide bonds. The second-order valence-corrected chi connectivity index (χ2v) is 8.38. The molecule has 3 aromatic rings. The molecular formula is C22H26N6O2. The van der Waals surface area contributed by atoms with Crippen molar-refractivity contribution in [2.75, 3.05) is 13.1 Å². The highest BCUT2D eigenvalue weighted by atomic mass is 16.2. The minimum atomic E-state index is -0.190. The van der Waals surface area contributed by atoms with Gasteiger partial charge in [-0.2, -0.15) is 0 Å². The average molecular weight is 406 g/mol. The van der Waals surface area contributed by atoms with Crippen LogP contribution in [0.25, 0.3) is 11.2 Å². The molecule has 0 unspecified atom stereocenters. The van der Waals surface area contributed by atoms with E-state index >= 15 is 0 Å². The molecule has 2 fully saturated rings. The van der Waals surface area contributed by atoms with Crippen molar-refractivity contribution in [2.45, 2.75) is 51.1 Å². The predicted octanol–water partition coefficient (Wildman–Crippen LogP) is 2.66. The maximum atomic E-state index is 13.5. The van der Waals surface area contributed by atoms with Crippen LogP contribution in [0.5, 0.6) is 0 Å². The number of likely N-dealkylation sites (tertiary alicyclic amines) is 1. The normalized spacial score (nSPS) is 20.1. The smallest absolute Gasteiger partial charge is 0.330 e. The number of carbonyl (C=O) groups excluding carboxylic acids is 1. The molecule has 4 heterocycles. The van der Waals surface area contributed by atoms with E-state index in [0.717, 1.165) is 18.5 Å². The van der Waals surface area contributed by atoms with Gasteiger partial charge in [0.05, 0.1) is 11.6 Å². The quantitative estimate of drug-likeness (QED) is 0.665. The Hall–Kier alpha value is -3.03. The van der Waals surface area contributed by atoms with Gasteiger partial charge in [-0.25, -0.2) is 19.7 Å².